The summed E-state index contributed by atoms with van der Waals surface area (Å²) in [5.74, 6) is 0.319. The number of hydrogen-bond donors (Lipinski definition) is 1. The highest BCUT2D eigenvalue weighted by Crippen LogP contribution is 2.14. The van der Waals surface area contributed by atoms with Crippen LogP contribution in [0.4, 0.5) is 0 Å². The van der Waals surface area contributed by atoms with Crippen LogP contribution in [-0.2, 0) is 11.2 Å². The fraction of sp³-hybridized carbons (Fsp3) is 0.500. The average Bonchev–Trinajstić information content (AvgIpc) is 2.01. The van der Waals surface area contributed by atoms with Crippen molar-refractivity contribution in [2.75, 3.05) is 0 Å². The van der Waals surface area contributed by atoms with E-state index in [1.165, 1.54) is 0 Å². The lowest BCUT2D eigenvalue weighted by Gasteiger charge is -2.15. The van der Waals surface area contributed by atoms with Gasteiger partial charge in [0.25, 0.3) is 0 Å². The molecule has 14 heavy (non-hydrogen) atoms. The summed E-state index contributed by atoms with van der Waals surface area (Å²) < 4.78 is 5.61. The molecule has 1 aromatic rings. The van der Waals surface area contributed by atoms with Crippen molar-refractivity contribution < 1.29 is 9.84 Å². The number of phenolic OH excluding ortho intramolecular Hbond substituents is 1. The number of ether oxygens (including phenoxy) is 1. The topological polar surface area (TPSA) is 29.5 Å². The first-order valence-corrected chi connectivity index (χ1v) is 5.01. The molecule has 0 heterocycles. The standard InChI is InChI=1S/C12H18O2/c1-9(2)14-10(3)7-11-5-4-6-12(13)8-11/h4-6,8-10,13H,7H2,1-3H3/t10-/m1/s1. The fourth-order valence-electron chi connectivity index (χ4n) is 1.53. The highest BCUT2D eigenvalue weighted by Gasteiger charge is 2.06. The maximum absolute atomic E-state index is 9.27. The lowest BCUT2D eigenvalue weighted by Crippen LogP contribution is -2.16. The van der Waals surface area contributed by atoms with E-state index in [9.17, 15) is 5.11 Å². The van der Waals surface area contributed by atoms with Crippen LogP contribution in [0.15, 0.2) is 24.3 Å². The van der Waals surface area contributed by atoms with Crippen molar-refractivity contribution in [1.29, 1.82) is 0 Å². The predicted molar refractivity (Wildman–Crippen MR) is 57.5 cm³/mol. The van der Waals surface area contributed by atoms with E-state index in [0.717, 1.165) is 12.0 Å². The van der Waals surface area contributed by atoms with Gasteiger partial charge in [0.2, 0.25) is 0 Å². The molecule has 0 radical (unpaired) electrons. The molecule has 0 amide bonds. The third-order valence-corrected chi connectivity index (χ3v) is 1.94. The molecule has 2 heteroatoms. The molecule has 1 aromatic carbocycles. The summed E-state index contributed by atoms with van der Waals surface area (Å²) >= 11 is 0. The Morgan fingerprint density at radius 3 is 2.57 bits per heavy atom. The molecule has 0 saturated heterocycles. The van der Waals surface area contributed by atoms with Crippen molar-refractivity contribution in [2.45, 2.75) is 39.4 Å². The van der Waals surface area contributed by atoms with Gasteiger partial charge in [0.15, 0.2) is 0 Å². The van der Waals surface area contributed by atoms with Gasteiger partial charge in [-0.2, -0.15) is 0 Å². The summed E-state index contributed by atoms with van der Waals surface area (Å²) in [5, 5.41) is 9.27. The first kappa shape index (κ1) is 11.1. The molecular formula is C12H18O2. The third-order valence-electron chi connectivity index (χ3n) is 1.94. The van der Waals surface area contributed by atoms with E-state index in [1.54, 1.807) is 12.1 Å². The van der Waals surface area contributed by atoms with Gasteiger partial charge in [0, 0.05) is 0 Å². The first-order chi connectivity index (χ1) is 6.58. The monoisotopic (exact) mass is 194 g/mol. The molecule has 0 aliphatic heterocycles. The van der Waals surface area contributed by atoms with Crippen molar-refractivity contribution in [1.82, 2.24) is 0 Å². The summed E-state index contributed by atoms with van der Waals surface area (Å²) in [7, 11) is 0. The average molecular weight is 194 g/mol. The third kappa shape index (κ3) is 3.79. The first-order valence-electron chi connectivity index (χ1n) is 5.01. The molecule has 0 aromatic heterocycles. The van der Waals surface area contributed by atoms with E-state index in [4.69, 9.17) is 4.74 Å². The number of benzene rings is 1. The van der Waals surface area contributed by atoms with Crippen LogP contribution in [0.25, 0.3) is 0 Å². The van der Waals surface area contributed by atoms with E-state index in [-0.39, 0.29) is 12.2 Å². The van der Waals surface area contributed by atoms with Crippen molar-refractivity contribution in [3.05, 3.63) is 29.8 Å². The molecular weight excluding hydrogens is 176 g/mol. The second kappa shape index (κ2) is 5.01. The largest absolute Gasteiger partial charge is 0.508 e. The van der Waals surface area contributed by atoms with Crippen LogP contribution < -0.4 is 0 Å². The van der Waals surface area contributed by atoms with Crippen molar-refractivity contribution in [2.24, 2.45) is 0 Å². The fourth-order valence-corrected chi connectivity index (χ4v) is 1.53. The maximum atomic E-state index is 9.27. The maximum Gasteiger partial charge on any atom is 0.115 e. The zero-order valence-electron chi connectivity index (χ0n) is 9.03. The van der Waals surface area contributed by atoms with Gasteiger partial charge in [-0.3, -0.25) is 0 Å². The van der Waals surface area contributed by atoms with Gasteiger partial charge in [-0.15, -0.1) is 0 Å². The highest BCUT2D eigenvalue weighted by molar-refractivity contribution is 5.27. The van der Waals surface area contributed by atoms with Gasteiger partial charge >= 0.3 is 0 Å². The second-order valence-corrected chi connectivity index (χ2v) is 3.87. The minimum absolute atomic E-state index is 0.191. The molecule has 2 nitrogen and oxygen atoms in total. The van der Waals surface area contributed by atoms with Crippen LogP contribution in [0.5, 0.6) is 5.75 Å². The Morgan fingerprint density at radius 2 is 2.00 bits per heavy atom. The van der Waals surface area contributed by atoms with Crippen molar-refractivity contribution in [3.63, 3.8) is 0 Å². The summed E-state index contributed by atoms with van der Waals surface area (Å²) in [5.41, 5.74) is 1.11. The molecule has 0 aliphatic rings. The molecule has 0 aliphatic carbocycles. The summed E-state index contributed by atoms with van der Waals surface area (Å²) in [6.45, 7) is 6.10. The lowest BCUT2D eigenvalue weighted by molar-refractivity contribution is 0.0195. The summed E-state index contributed by atoms with van der Waals surface area (Å²) in [4.78, 5) is 0. The quantitative estimate of drug-likeness (QED) is 0.798. The van der Waals surface area contributed by atoms with Crippen LogP contribution >= 0.6 is 0 Å². The number of phenols is 1. The van der Waals surface area contributed by atoms with Gasteiger partial charge in [-0.25, -0.2) is 0 Å². The van der Waals surface area contributed by atoms with E-state index >= 15 is 0 Å². The Kier molecular flexibility index (Phi) is 3.96. The molecule has 0 saturated carbocycles. The summed E-state index contributed by atoms with van der Waals surface area (Å²) in [6, 6.07) is 7.31. The van der Waals surface area contributed by atoms with Crippen LogP contribution in [0.3, 0.4) is 0 Å². The lowest BCUT2D eigenvalue weighted by atomic mass is 10.1. The number of rotatable bonds is 4. The normalized spacial score (nSPS) is 13.1. The molecule has 0 bridgehead atoms. The smallest absolute Gasteiger partial charge is 0.115 e. The van der Waals surface area contributed by atoms with Crippen molar-refractivity contribution in [3.8, 4) is 5.75 Å². The van der Waals surface area contributed by atoms with E-state index in [1.807, 2.05) is 32.9 Å². The molecule has 1 atom stereocenters. The molecule has 1 N–H and O–H groups in total. The van der Waals surface area contributed by atoms with E-state index in [0.29, 0.717) is 5.75 Å². The number of aromatic hydroxyl groups is 1. The SMILES string of the molecule is CC(C)O[C@H](C)Cc1cccc(O)c1. The molecule has 1 rings (SSSR count). The van der Waals surface area contributed by atoms with Crippen LogP contribution in [0.2, 0.25) is 0 Å². The Morgan fingerprint density at radius 1 is 1.29 bits per heavy atom. The van der Waals surface area contributed by atoms with Crippen LogP contribution in [0, 0.1) is 0 Å². The van der Waals surface area contributed by atoms with E-state index < -0.39 is 0 Å². The Labute approximate surface area is 85.5 Å². The molecule has 78 valence electrons. The minimum Gasteiger partial charge on any atom is -0.508 e. The Bertz CT molecular complexity index is 281. The molecule has 0 fully saturated rings. The Hall–Kier alpha value is -1.02. The second-order valence-electron chi connectivity index (χ2n) is 3.87. The Balaban J connectivity index is 2.51. The van der Waals surface area contributed by atoms with Gasteiger partial charge in [-0.05, 0) is 44.9 Å². The van der Waals surface area contributed by atoms with E-state index in [2.05, 4.69) is 0 Å². The highest BCUT2D eigenvalue weighted by atomic mass is 16.5. The predicted octanol–water partition coefficient (Wildman–Crippen LogP) is 2.75. The van der Waals surface area contributed by atoms with Crippen molar-refractivity contribution >= 4 is 0 Å². The van der Waals surface area contributed by atoms with Gasteiger partial charge < -0.3 is 9.84 Å². The van der Waals surface area contributed by atoms with Gasteiger partial charge in [0.05, 0.1) is 12.2 Å². The van der Waals surface area contributed by atoms with Gasteiger partial charge in [0.1, 0.15) is 5.75 Å². The zero-order chi connectivity index (χ0) is 10.6. The molecule has 0 unspecified atom stereocenters. The van der Waals surface area contributed by atoms with Crippen LogP contribution in [0.1, 0.15) is 26.3 Å². The summed E-state index contributed by atoms with van der Waals surface area (Å²) in [6.07, 6.45) is 1.28. The van der Waals surface area contributed by atoms with Gasteiger partial charge in [-0.1, -0.05) is 12.1 Å². The number of hydrogen-bond acceptors (Lipinski definition) is 2. The minimum atomic E-state index is 0.191. The van der Waals surface area contributed by atoms with Crippen LogP contribution in [-0.4, -0.2) is 17.3 Å². The molecule has 0 spiro atoms. The zero-order valence-corrected chi connectivity index (χ0v) is 9.03.